The first-order valence-electron chi connectivity index (χ1n) is 11.2. The summed E-state index contributed by atoms with van der Waals surface area (Å²) in [6, 6.07) is 21.9. The quantitative estimate of drug-likeness (QED) is 0.255. The SMILES string of the molecule is CN(Cc1cccc(Cl)c1)c1nc(-c2ccc(NC(=O)Nc3cccc(Cl)c3)cc2)cn2ccnc12. The van der Waals surface area contributed by atoms with Crippen molar-refractivity contribution in [2.75, 3.05) is 22.6 Å². The molecule has 0 atom stereocenters. The summed E-state index contributed by atoms with van der Waals surface area (Å²) in [6.07, 6.45) is 5.59. The van der Waals surface area contributed by atoms with E-state index in [2.05, 4.69) is 15.6 Å². The number of imidazole rings is 1. The number of hydrogen-bond donors (Lipinski definition) is 2. The molecule has 2 N–H and O–H groups in total. The van der Waals surface area contributed by atoms with Crippen molar-refractivity contribution in [3.8, 4) is 11.3 Å². The number of aromatic nitrogens is 3. The first-order chi connectivity index (χ1) is 17.4. The lowest BCUT2D eigenvalue weighted by Crippen LogP contribution is -2.19. The van der Waals surface area contributed by atoms with Crippen LogP contribution >= 0.6 is 23.2 Å². The predicted molar refractivity (Wildman–Crippen MR) is 146 cm³/mol. The zero-order valence-electron chi connectivity index (χ0n) is 19.3. The van der Waals surface area contributed by atoms with Gasteiger partial charge in [0.05, 0.1) is 5.69 Å². The van der Waals surface area contributed by atoms with Crippen molar-refractivity contribution in [1.29, 1.82) is 0 Å². The molecule has 0 saturated carbocycles. The second kappa shape index (κ2) is 10.3. The molecule has 0 radical (unpaired) electrons. The largest absolute Gasteiger partial charge is 0.352 e. The third-order valence-electron chi connectivity index (χ3n) is 5.55. The molecule has 3 aromatic carbocycles. The van der Waals surface area contributed by atoms with Gasteiger partial charge in [0.15, 0.2) is 11.5 Å². The molecule has 5 aromatic rings. The van der Waals surface area contributed by atoms with E-state index in [-0.39, 0.29) is 6.03 Å². The maximum Gasteiger partial charge on any atom is 0.323 e. The topological polar surface area (TPSA) is 74.6 Å². The Morgan fingerprint density at radius 2 is 1.67 bits per heavy atom. The lowest BCUT2D eigenvalue weighted by Gasteiger charge is -2.20. The Labute approximate surface area is 218 Å². The molecule has 0 aliphatic carbocycles. The van der Waals surface area contributed by atoms with E-state index in [1.807, 2.05) is 77.3 Å². The molecule has 0 spiro atoms. The number of nitrogens with one attached hydrogen (secondary N) is 2. The molecular weight excluding hydrogens is 495 g/mol. The van der Waals surface area contributed by atoms with E-state index in [0.29, 0.717) is 28.0 Å². The minimum absolute atomic E-state index is 0.354. The van der Waals surface area contributed by atoms with Gasteiger partial charge in [-0.2, -0.15) is 0 Å². The van der Waals surface area contributed by atoms with E-state index in [1.165, 1.54) is 0 Å². The van der Waals surface area contributed by atoms with E-state index in [9.17, 15) is 4.79 Å². The molecule has 0 unspecified atom stereocenters. The van der Waals surface area contributed by atoms with Gasteiger partial charge in [-0.05, 0) is 48.0 Å². The third kappa shape index (κ3) is 5.43. The van der Waals surface area contributed by atoms with E-state index in [4.69, 9.17) is 28.2 Å². The van der Waals surface area contributed by atoms with E-state index >= 15 is 0 Å². The standard InChI is InChI=1S/C27H22Cl2N6O/c1-34(16-18-4-2-5-20(28)14-18)26-25-30-12-13-35(25)17-24(33-26)19-8-10-22(11-9-19)31-27(36)32-23-7-3-6-21(29)15-23/h2-15,17H,16H2,1H3,(H2,31,32,36). The van der Waals surface area contributed by atoms with Crippen molar-refractivity contribution >= 4 is 52.1 Å². The minimum Gasteiger partial charge on any atom is -0.352 e. The van der Waals surface area contributed by atoms with E-state index < -0.39 is 0 Å². The van der Waals surface area contributed by atoms with Crippen LogP contribution in [0.2, 0.25) is 10.0 Å². The number of rotatable bonds is 6. The normalized spacial score (nSPS) is 10.9. The number of carbonyl (C=O) groups excluding carboxylic acids is 1. The number of carbonyl (C=O) groups is 1. The molecule has 2 aromatic heterocycles. The molecule has 0 fully saturated rings. The number of anilines is 3. The van der Waals surface area contributed by atoms with Crippen LogP contribution in [0.15, 0.2) is 91.4 Å². The Morgan fingerprint density at radius 1 is 0.944 bits per heavy atom. The number of fused-ring (bicyclic) bond motifs is 1. The molecular formula is C27H22Cl2N6O. The van der Waals surface area contributed by atoms with Crippen molar-refractivity contribution < 1.29 is 4.79 Å². The van der Waals surface area contributed by atoms with Gasteiger partial charge in [0.2, 0.25) is 0 Å². The highest BCUT2D eigenvalue weighted by Crippen LogP contribution is 2.26. The summed E-state index contributed by atoms with van der Waals surface area (Å²) < 4.78 is 1.96. The maximum atomic E-state index is 12.4. The summed E-state index contributed by atoms with van der Waals surface area (Å²) in [5.74, 6) is 0.751. The minimum atomic E-state index is -0.354. The van der Waals surface area contributed by atoms with Crippen LogP contribution < -0.4 is 15.5 Å². The van der Waals surface area contributed by atoms with Gasteiger partial charge in [0.1, 0.15) is 0 Å². The molecule has 5 rings (SSSR count). The van der Waals surface area contributed by atoms with Gasteiger partial charge in [0.25, 0.3) is 0 Å². The number of amides is 2. The Hall–Kier alpha value is -4.07. The third-order valence-corrected chi connectivity index (χ3v) is 6.02. The zero-order valence-corrected chi connectivity index (χ0v) is 20.8. The average Bonchev–Trinajstić information content (AvgIpc) is 3.33. The van der Waals surface area contributed by atoms with Crippen LogP contribution in [0.5, 0.6) is 0 Å². The smallest absolute Gasteiger partial charge is 0.323 e. The lowest BCUT2D eigenvalue weighted by atomic mass is 10.1. The van der Waals surface area contributed by atoms with Crippen LogP contribution in [0.3, 0.4) is 0 Å². The molecule has 9 heteroatoms. The molecule has 0 bridgehead atoms. The van der Waals surface area contributed by atoms with Gasteiger partial charge in [-0.15, -0.1) is 0 Å². The van der Waals surface area contributed by atoms with Crippen LogP contribution in [0.25, 0.3) is 16.9 Å². The fourth-order valence-corrected chi connectivity index (χ4v) is 4.28. The van der Waals surface area contributed by atoms with Crippen LogP contribution in [0, 0.1) is 0 Å². The molecule has 0 aliphatic rings. The van der Waals surface area contributed by atoms with E-state index in [0.717, 1.165) is 28.3 Å². The monoisotopic (exact) mass is 516 g/mol. The number of urea groups is 1. The number of halogens is 2. The lowest BCUT2D eigenvalue weighted by molar-refractivity contribution is 0.262. The molecule has 36 heavy (non-hydrogen) atoms. The number of nitrogens with zero attached hydrogens (tertiary/aromatic N) is 4. The van der Waals surface area contributed by atoms with Gasteiger partial charge in [-0.25, -0.2) is 14.8 Å². The fraction of sp³-hybridized carbons (Fsp3) is 0.0741. The molecule has 2 heterocycles. The van der Waals surface area contributed by atoms with Gasteiger partial charge >= 0.3 is 6.03 Å². The predicted octanol–water partition coefficient (Wildman–Crippen LogP) is 6.98. The number of hydrogen-bond acceptors (Lipinski definition) is 4. The Morgan fingerprint density at radius 3 is 2.42 bits per heavy atom. The molecule has 0 saturated heterocycles. The van der Waals surface area contributed by atoms with Crippen molar-refractivity contribution in [2.45, 2.75) is 6.54 Å². The summed E-state index contributed by atoms with van der Waals surface area (Å²) >= 11 is 12.1. The van der Waals surface area contributed by atoms with Gasteiger partial charge < -0.3 is 19.9 Å². The second-order valence-electron chi connectivity index (χ2n) is 8.26. The van der Waals surface area contributed by atoms with Gasteiger partial charge in [-0.3, -0.25) is 0 Å². The first-order valence-corrected chi connectivity index (χ1v) is 11.9. The van der Waals surface area contributed by atoms with Gasteiger partial charge in [-0.1, -0.05) is 53.5 Å². The Balaban J connectivity index is 1.35. The molecule has 7 nitrogen and oxygen atoms in total. The molecule has 2 amide bonds. The highest BCUT2D eigenvalue weighted by atomic mass is 35.5. The zero-order chi connectivity index (χ0) is 25.1. The summed E-state index contributed by atoms with van der Waals surface area (Å²) in [5.41, 5.74) is 4.80. The van der Waals surface area contributed by atoms with Crippen molar-refractivity contribution in [3.05, 3.63) is 107 Å². The van der Waals surface area contributed by atoms with E-state index in [1.54, 1.807) is 30.5 Å². The van der Waals surface area contributed by atoms with Crippen LogP contribution in [-0.2, 0) is 6.54 Å². The highest BCUT2D eigenvalue weighted by molar-refractivity contribution is 6.31. The molecule has 180 valence electrons. The fourth-order valence-electron chi connectivity index (χ4n) is 3.88. The molecule has 0 aliphatic heterocycles. The first kappa shape index (κ1) is 23.7. The Bertz CT molecular complexity index is 1530. The summed E-state index contributed by atoms with van der Waals surface area (Å²) in [6.45, 7) is 0.629. The maximum absolute atomic E-state index is 12.4. The average molecular weight is 517 g/mol. The van der Waals surface area contributed by atoms with Crippen molar-refractivity contribution in [1.82, 2.24) is 14.4 Å². The number of benzene rings is 3. The van der Waals surface area contributed by atoms with Crippen molar-refractivity contribution in [2.24, 2.45) is 0 Å². The van der Waals surface area contributed by atoms with Crippen molar-refractivity contribution in [3.63, 3.8) is 0 Å². The van der Waals surface area contributed by atoms with Crippen LogP contribution in [-0.4, -0.2) is 27.4 Å². The second-order valence-corrected chi connectivity index (χ2v) is 9.13. The Kier molecular flexibility index (Phi) is 6.75. The summed E-state index contributed by atoms with van der Waals surface area (Å²) in [5, 5.41) is 6.85. The highest BCUT2D eigenvalue weighted by Gasteiger charge is 2.14. The van der Waals surface area contributed by atoms with Crippen LogP contribution in [0.4, 0.5) is 22.0 Å². The van der Waals surface area contributed by atoms with Crippen LogP contribution in [0.1, 0.15) is 5.56 Å². The summed E-state index contributed by atoms with van der Waals surface area (Å²) in [4.78, 5) is 23.8. The summed E-state index contributed by atoms with van der Waals surface area (Å²) in [7, 11) is 1.98. The van der Waals surface area contributed by atoms with Gasteiger partial charge in [0, 0.05) is 59.2 Å².